The molecule has 2 heterocycles. The second-order valence-corrected chi connectivity index (χ2v) is 12.9. The normalized spacial score (nSPS) is 18.5. The Kier molecular flexibility index (Phi) is 7.03. The lowest BCUT2D eigenvalue weighted by atomic mass is 9.95. The smallest absolute Gasteiger partial charge is 0.407 e. The van der Waals surface area contributed by atoms with E-state index in [-0.39, 0.29) is 19.6 Å². The van der Waals surface area contributed by atoms with Gasteiger partial charge in [-0.25, -0.2) is 22.2 Å². The third-order valence-electron chi connectivity index (χ3n) is 5.92. The molecule has 0 aliphatic heterocycles. The van der Waals surface area contributed by atoms with Crippen molar-refractivity contribution in [3.8, 4) is 0 Å². The van der Waals surface area contributed by atoms with Gasteiger partial charge in [0.05, 0.1) is 29.0 Å². The predicted octanol–water partition coefficient (Wildman–Crippen LogP) is 5.51. The van der Waals surface area contributed by atoms with E-state index in [9.17, 15) is 13.2 Å². The molecule has 8 nitrogen and oxygen atoms in total. The molecule has 1 amide bonds. The topological polar surface area (TPSA) is 99.5 Å². The highest BCUT2D eigenvalue weighted by Crippen LogP contribution is 2.40. The van der Waals surface area contributed by atoms with E-state index < -0.39 is 26.5 Å². The lowest BCUT2D eigenvalue weighted by molar-refractivity contribution is 0.0522. The highest BCUT2D eigenvalue weighted by Gasteiger charge is 2.48. The summed E-state index contributed by atoms with van der Waals surface area (Å²) in [6, 6.07) is 9.03. The quantitative estimate of drug-likeness (QED) is 0.433. The van der Waals surface area contributed by atoms with Gasteiger partial charge in [-0.05, 0) is 58.7 Å². The van der Waals surface area contributed by atoms with E-state index in [1.807, 2.05) is 36.6 Å². The highest BCUT2D eigenvalue weighted by molar-refractivity contribution is 7.91. The van der Waals surface area contributed by atoms with Gasteiger partial charge in [0.15, 0.2) is 0 Å². The summed E-state index contributed by atoms with van der Waals surface area (Å²) in [6.45, 7) is 9.00. The Labute approximate surface area is 215 Å². The molecule has 1 N–H and O–H groups in total. The van der Waals surface area contributed by atoms with Crippen LogP contribution >= 0.6 is 11.3 Å². The van der Waals surface area contributed by atoms with E-state index in [2.05, 4.69) is 10.3 Å². The summed E-state index contributed by atoms with van der Waals surface area (Å²) in [5.74, 6) is 0.391. The zero-order valence-electron chi connectivity index (χ0n) is 21.1. The van der Waals surface area contributed by atoms with Crippen LogP contribution in [0.25, 0.3) is 10.9 Å². The molecule has 1 aromatic carbocycles. The van der Waals surface area contributed by atoms with Crippen LogP contribution in [-0.2, 0) is 32.6 Å². The zero-order valence-corrected chi connectivity index (χ0v) is 22.7. The summed E-state index contributed by atoms with van der Waals surface area (Å²) in [6.07, 6.45) is 3.36. The fourth-order valence-electron chi connectivity index (χ4n) is 4.26. The van der Waals surface area contributed by atoms with Crippen LogP contribution in [0.2, 0.25) is 0 Å². The van der Waals surface area contributed by atoms with E-state index >= 15 is 0 Å². The number of alkyl carbamates (subject to hydrolysis) is 1. The molecule has 0 radical (unpaired) electrons. The molecule has 3 aromatic rings. The van der Waals surface area contributed by atoms with Gasteiger partial charge in [0.25, 0.3) is 10.0 Å². The summed E-state index contributed by atoms with van der Waals surface area (Å²) in [4.78, 5) is 16.6. The number of amides is 1. The Bertz CT molecular complexity index is 1430. The Morgan fingerprint density at radius 3 is 2.72 bits per heavy atom. The van der Waals surface area contributed by atoms with Crippen molar-refractivity contribution in [1.29, 1.82) is 0 Å². The number of carbonyl (C=O) groups excluding carboxylic acids is 1. The first-order valence-corrected chi connectivity index (χ1v) is 14.0. The minimum absolute atomic E-state index is 0.0214. The Morgan fingerprint density at radius 2 is 2.03 bits per heavy atom. The van der Waals surface area contributed by atoms with Crippen molar-refractivity contribution >= 4 is 38.4 Å². The van der Waals surface area contributed by atoms with Gasteiger partial charge in [0.2, 0.25) is 0 Å². The first kappa shape index (κ1) is 26.0. The van der Waals surface area contributed by atoms with Crippen molar-refractivity contribution in [3.63, 3.8) is 0 Å². The van der Waals surface area contributed by atoms with E-state index in [4.69, 9.17) is 9.47 Å². The van der Waals surface area contributed by atoms with E-state index in [0.29, 0.717) is 17.0 Å². The average molecular weight is 530 g/mol. The Balaban J connectivity index is 1.74. The van der Waals surface area contributed by atoms with Crippen LogP contribution in [0.15, 0.2) is 64.7 Å². The van der Waals surface area contributed by atoms with Gasteiger partial charge in [0, 0.05) is 10.8 Å². The number of nitrogens with zero attached hydrogens (tertiary/aromatic N) is 2. The maximum Gasteiger partial charge on any atom is 0.407 e. The van der Waals surface area contributed by atoms with Gasteiger partial charge < -0.3 is 14.8 Å². The number of benzene rings is 1. The summed E-state index contributed by atoms with van der Waals surface area (Å²) in [7, 11) is -4.06. The summed E-state index contributed by atoms with van der Waals surface area (Å²) in [5, 5.41) is 5.33. The molecule has 4 rings (SSSR count). The summed E-state index contributed by atoms with van der Waals surface area (Å²) < 4.78 is 40.3. The second kappa shape index (κ2) is 9.74. The third kappa shape index (κ3) is 5.05. The molecule has 1 atom stereocenters. The number of para-hydroxylation sites is 1. The molecule has 10 heteroatoms. The average Bonchev–Trinajstić information content (AvgIpc) is 3.43. The number of nitrogens with one attached hydrogen (secondary N) is 1. The van der Waals surface area contributed by atoms with Crippen molar-refractivity contribution in [2.24, 2.45) is 0 Å². The van der Waals surface area contributed by atoms with Gasteiger partial charge in [-0.1, -0.05) is 30.4 Å². The first-order valence-electron chi connectivity index (χ1n) is 11.6. The summed E-state index contributed by atoms with van der Waals surface area (Å²) >= 11 is 1.46. The van der Waals surface area contributed by atoms with Crippen molar-refractivity contribution < 1.29 is 22.7 Å². The number of allylic oxidation sites excluding steroid dienone is 3. The standard InChI is InChI=1S/C26H31N3O5S2/c1-18-9-8-12-26(5,23(18)33-15-20-16-35-17-28-20)36(31,32)29-21(13-19-10-6-7-11-22(19)29)14-27-24(30)34-25(2,3)4/h6-11,13,16-17H,12,14-15H2,1-5H3,(H,27,30). The lowest BCUT2D eigenvalue weighted by Crippen LogP contribution is -2.44. The van der Waals surface area contributed by atoms with Gasteiger partial charge in [0.1, 0.15) is 22.7 Å². The molecular weight excluding hydrogens is 498 g/mol. The largest absolute Gasteiger partial charge is 0.490 e. The predicted molar refractivity (Wildman–Crippen MR) is 141 cm³/mol. The summed E-state index contributed by atoms with van der Waals surface area (Å²) in [5.41, 5.74) is 3.49. The SMILES string of the molecule is CC1=C(OCc2cscn2)C(C)(S(=O)(=O)n2c(CNC(=O)OC(C)(C)C)cc3ccccc32)CC=C1. The molecule has 1 aliphatic carbocycles. The van der Waals surface area contributed by atoms with Crippen molar-refractivity contribution in [3.05, 3.63) is 76.1 Å². The molecule has 192 valence electrons. The van der Waals surface area contributed by atoms with Crippen LogP contribution in [0, 0.1) is 0 Å². The fourth-order valence-corrected chi connectivity index (χ4v) is 6.82. The molecule has 0 bridgehead atoms. The van der Waals surface area contributed by atoms with Crippen molar-refractivity contribution in [1.82, 2.24) is 14.3 Å². The Hall–Kier alpha value is -3.11. The van der Waals surface area contributed by atoms with Gasteiger partial charge in [-0.2, -0.15) is 0 Å². The molecule has 0 spiro atoms. The number of rotatable bonds is 7. The van der Waals surface area contributed by atoms with Crippen LogP contribution < -0.4 is 5.32 Å². The third-order valence-corrected chi connectivity index (χ3v) is 8.96. The van der Waals surface area contributed by atoms with Crippen LogP contribution in [0.5, 0.6) is 0 Å². The molecule has 1 unspecified atom stereocenters. The molecular formula is C26H31N3O5S2. The number of hydrogen-bond acceptors (Lipinski definition) is 7. The maximum atomic E-state index is 14.5. The monoisotopic (exact) mass is 529 g/mol. The van der Waals surface area contributed by atoms with Crippen LogP contribution in [0.1, 0.15) is 52.4 Å². The van der Waals surface area contributed by atoms with Crippen molar-refractivity contribution in [2.45, 2.75) is 64.5 Å². The first-order chi connectivity index (χ1) is 16.9. The van der Waals surface area contributed by atoms with E-state index in [1.165, 1.54) is 15.3 Å². The molecule has 36 heavy (non-hydrogen) atoms. The lowest BCUT2D eigenvalue weighted by Gasteiger charge is -2.35. The highest BCUT2D eigenvalue weighted by atomic mass is 32.2. The van der Waals surface area contributed by atoms with Crippen LogP contribution in [0.3, 0.4) is 0 Å². The fraction of sp³-hybridized carbons (Fsp3) is 0.385. The number of ether oxygens (including phenoxy) is 2. The Morgan fingerprint density at radius 1 is 1.28 bits per heavy atom. The molecule has 0 saturated heterocycles. The molecule has 2 aromatic heterocycles. The molecule has 1 aliphatic rings. The number of hydrogen-bond donors (Lipinski definition) is 1. The number of fused-ring (bicyclic) bond motifs is 1. The van der Waals surface area contributed by atoms with E-state index in [1.54, 1.807) is 51.4 Å². The zero-order chi connectivity index (χ0) is 26.1. The second-order valence-electron chi connectivity index (χ2n) is 9.94. The van der Waals surface area contributed by atoms with Gasteiger partial charge >= 0.3 is 6.09 Å². The number of thiazole rings is 1. The van der Waals surface area contributed by atoms with E-state index in [0.717, 1.165) is 16.7 Å². The van der Waals surface area contributed by atoms with Gasteiger partial charge in [-0.15, -0.1) is 11.3 Å². The minimum Gasteiger partial charge on any atom is -0.490 e. The molecule has 0 saturated carbocycles. The number of carbonyl (C=O) groups is 1. The van der Waals surface area contributed by atoms with Crippen LogP contribution in [0.4, 0.5) is 4.79 Å². The number of aromatic nitrogens is 2. The van der Waals surface area contributed by atoms with Gasteiger partial charge in [-0.3, -0.25) is 0 Å². The van der Waals surface area contributed by atoms with Crippen molar-refractivity contribution in [2.75, 3.05) is 0 Å². The minimum atomic E-state index is -4.06. The molecule has 0 fully saturated rings. The van der Waals surface area contributed by atoms with Crippen LogP contribution in [-0.4, -0.2) is 33.8 Å². The maximum absolute atomic E-state index is 14.5.